The van der Waals surface area contributed by atoms with Crippen LogP contribution in [0.1, 0.15) is 5.56 Å². The van der Waals surface area contributed by atoms with Crippen molar-refractivity contribution in [3.63, 3.8) is 0 Å². The Balaban J connectivity index is 2.49. The van der Waals surface area contributed by atoms with Crippen molar-refractivity contribution in [2.75, 3.05) is 12.4 Å². The summed E-state index contributed by atoms with van der Waals surface area (Å²) < 4.78 is 0. The van der Waals surface area contributed by atoms with E-state index < -0.39 is 6.10 Å². The lowest BCUT2D eigenvalue weighted by Crippen LogP contribution is -2.14. The standard InChI is InChI=1S/C9H10N2O2S/c10-3-7-1-2-9(11-4-7)14-6-8(13)5-12/h1-2,4,8,12-13H,5-6H2/t8-/m0/s1. The van der Waals surface area contributed by atoms with Crippen molar-refractivity contribution >= 4 is 11.8 Å². The smallest absolute Gasteiger partial charge is 0.101 e. The van der Waals surface area contributed by atoms with E-state index in [1.165, 1.54) is 18.0 Å². The maximum atomic E-state index is 9.07. The third-order valence-corrected chi connectivity index (χ3v) is 2.59. The predicted molar refractivity (Wildman–Crippen MR) is 52.8 cm³/mol. The van der Waals surface area contributed by atoms with Gasteiger partial charge in [-0.2, -0.15) is 5.26 Å². The lowest BCUT2D eigenvalue weighted by atomic mass is 10.3. The minimum Gasteiger partial charge on any atom is -0.394 e. The average molecular weight is 210 g/mol. The molecular formula is C9H10N2O2S. The molecule has 1 rings (SSSR count). The molecule has 0 saturated carbocycles. The minimum absolute atomic E-state index is 0.247. The molecule has 1 heterocycles. The van der Waals surface area contributed by atoms with Gasteiger partial charge in [0.2, 0.25) is 0 Å². The quantitative estimate of drug-likeness (QED) is 0.703. The molecule has 2 N–H and O–H groups in total. The second kappa shape index (κ2) is 5.60. The van der Waals surface area contributed by atoms with Crippen LogP contribution in [0.2, 0.25) is 0 Å². The van der Waals surface area contributed by atoms with Gasteiger partial charge in [0.15, 0.2) is 0 Å². The Kier molecular flexibility index (Phi) is 4.40. The molecule has 0 saturated heterocycles. The first-order valence-electron chi connectivity index (χ1n) is 4.04. The molecule has 0 radical (unpaired) electrons. The number of nitriles is 1. The summed E-state index contributed by atoms with van der Waals surface area (Å²) in [7, 11) is 0. The van der Waals surface area contributed by atoms with Crippen molar-refractivity contribution in [2.24, 2.45) is 0 Å². The third-order valence-electron chi connectivity index (χ3n) is 1.50. The number of pyridine rings is 1. The molecule has 74 valence electrons. The molecule has 4 nitrogen and oxygen atoms in total. The molecule has 0 bridgehead atoms. The molecule has 0 spiro atoms. The second-order valence-corrected chi connectivity index (χ2v) is 3.68. The van der Waals surface area contributed by atoms with Crippen LogP contribution in [0.4, 0.5) is 0 Å². The molecule has 1 atom stereocenters. The lowest BCUT2D eigenvalue weighted by molar-refractivity contribution is 0.113. The van der Waals surface area contributed by atoms with Crippen molar-refractivity contribution in [1.29, 1.82) is 5.26 Å². The molecule has 0 fully saturated rings. The lowest BCUT2D eigenvalue weighted by Gasteiger charge is -2.05. The van der Waals surface area contributed by atoms with Crippen molar-refractivity contribution < 1.29 is 10.2 Å². The van der Waals surface area contributed by atoms with E-state index in [9.17, 15) is 0 Å². The Morgan fingerprint density at radius 3 is 2.86 bits per heavy atom. The van der Waals surface area contributed by atoms with Gasteiger partial charge in [0.05, 0.1) is 23.3 Å². The van der Waals surface area contributed by atoms with Gasteiger partial charge in [0.1, 0.15) is 6.07 Å². The van der Waals surface area contributed by atoms with Crippen LogP contribution in [0, 0.1) is 11.3 Å². The molecule has 0 aromatic carbocycles. The van der Waals surface area contributed by atoms with Gasteiger partial charge in [0.25, 0.3) is 0 Å². The van der Waals surface area contributed by atoms with Crippen LogP contribution in [-0.2, 0) is 0 Å². The Morgan fingerprint density at radius 2 is 2.36 bits per heavy atom. The van der Waals surface area contributed by atoms with Crippen LogP contribution < -0.4 is 0 Å². The van der Waals surface area contributed by atoms with E-state index in [2.05, 4.69) is 4.98 Å². The second-order valence-electron chi connectivity index (χ2n) is 2.64. The molecule has 0 aliphatic carbocycles. The van der Waals surface area contributed by atoms with E-state index in [-0.39, 0.29) is 6.61 Å². The summed E-state index contributed by atoms with van der Waals surface area (Å²) in [5.74, 6) is 0.398. The summed E-state index contributed by atoms with van der Waals surface area (Å²) in [6, 6.07) is 5.35. The molecule has 0 aliphatic heterocycles. The molecular weight excluding hydrogens is 200 g/mol. The number of aromatic nitrogens is 1. The fourth-order valence-electron chi connectivity index (χ4n) is 0.766. The maximum absolute atomic E-state index is 9.07. The third kappa shape index (κ3) is 3.34. The van der Waals surface area contributed by atoms with Crippen LogP contribution in [0.25, 0.3) is 0 Å². The number of aliphatic hydroxyl groups excluding tert-OH is 2. The summed E-state index contributed by atoms with van der Waals surface area (Å²) in [6.07, 6.45) is 0.755. The first-order valence-corrected chi connectivity index (χ1v) is 5.02. The number of nitrogens with zero attached hydrogens (tertiary/aromatic N) is 2. The van der Waals surface area contributed by atoms with E-state index in [0.29, 0.717) is 11.3 Å². The highest BCUT2D eigenvalue weighted by Gasteiger charge is 2.03. The van der Waals surface area contributed by atoms with Gasteiger partial charge in [-0.1, -0.05) is 0 Å². The number of aliphatic hydroxyl groups is 2. The van der Waals surface area contributed by atoms with Gasteiger partial charge in [-0.3, -0.25) is 0 Å². The van der Waals surface area contributed by atoms with E-state index in [1.54, 1.807) is 12.1 Å². The monoisotopic (exact) mass is 210 g/mol. The largest absolute Gasteiger partial charge is 0.394 e. The zero-order valence-corrected chi connectivity index (χ0v) is 8.24. The Morgan fingerprint density at radius 1 is 1.57 bits per heavy atom. The summed E-state index contributed by atoms with van der Waals surface area (Å²) in [6.45, 7) is -0.247. The van der Waals surface area contributed by atoms with Gasteiger partial charge < -0.3 is 10.2 Å². The van der Waals surface area contributed by atoms with E-state index in [4.69, 9.17) is 15.5 Å². The first kappa shape index (κ1) is 11.0. The fourth-order valence-corrected chi connectivity index (χ4v) is 1.53. The molecule has 0 aliphatic rings. The maximum Gasteiger partial charge on any atom is 0.101 e. The highest BCUT2D eigenvalue weighted by Crippen LogP contribution is 2.15. The first-order chi connectivity index (χ1) is 6.76. The zero-order chi connectivity index (χ0) is 10.4. The molecule has 1 aromatic rings. The minimum atomic E-state index is -0.725. The van der Waals surface area contributed by atoms with Crippen LogP contribution in [0.15, 0.2) is 23.4 Å². The predicted octanol–water partition coefficient (Wildman–Crippen LogP) is 0.399. The summed E-state index contributed by atoms with van der Waals surface area (Å²) in [5, 5.41) is 26.9. The van der Waals surface area contributed by atoms with Gasteiger partial charge in [0, 0.05) is 11.9 Å². The normalized spacial score (nSPS) is 12.1. The molecule has 0 unspecified atom stereocenters. The summed E-state index contributed by atoms with van der Waals surface area (Å²) in [4.78, 5) is 4.00. The highest BCUT2D eigenvalue weighted by molar-refractivity contribution is 7.99. The fraction of sp³-hybridized carbons (Fsp3) is 0.333. The van der Waals surface area contributed by atoms with Crippen LogP contribution in [-0.4, -0.2) is 33.7 Å². The van der Waals surface area contributed by atoms with Gasteiger partial charge in [-0.15, -0.1) is 11.8 Å². The molecule has 1 aromatic heterocycles. The van der Waals surface area contributed by atoms with Crippen molar-refractivity contribution in [1.82, 2.24) is 4.98 Å². The van der Waals surface area contributed by atoms with Crippen LogP contribution in [0.3, 0.4) is 0 Å². The van der Waals surface area contributed by atoms with Crippen LogP contribution in [0.5, 0.6) is 0 Å². The Hall–Kier alpha value is -1.09. The van der Waals surface area contributed by atoms with Gasteiger partial charge in [-0.05, 0) is 12.1 Å². The molecule has 14 heavy (non-hydrogen) atoms. The van der Waals surface area contributed by atoms with E-state index in [0.717, 1.165) is 5.03 Å². The van der Waals surface area contributed by atoms with Crippen molar-refractivity contribution in [3.05, 3.63) is 23.9 Å². The Labute approximate surface area is 86.2 Å². The molecule has 0 amide bonds. The number of thioether (sulfide) groups is 1. The SMILES string of the molecule is N#Cc1ccc(SC[C@@H](O)CO)nc1. The van der Waals surface area contributed by atoms with E-state index >= 15 is 0 Å². The highest BCUT2D eigenvalue weighted by atomic mass is 32.2. The zero-order valence-electron chi connectivity index (χ0n) is 7.42. The number of rotatable bonds is 4. The Bertz CT molecular complexity index is 321. The van der Waals surface area contributed by atoms with Crippen molar-refractivity contribution in [3.8, 4) is 6.07 Å². The summed E-state index contributed by atoms with van der Waals surface area (Å²) in [5.41, 5.74) is 0.511. The van der Waals surface area contributed by atoms with Crippen molar-refractivity contribution in [2.45, 2.75) is 11.1 Å². The van der Waals surface area contributed by atoms with E-state index in [1.807, 2.05) is 6.07 Å². The van der Waals surface area contributed by atoms with Gasteiger partial charge >= 0.3 is 0 Å². The number of hydrogen-bond acceptors (Lipinski definition) is 5. The molecule has 5 heteroatoms. The van der Waals surface area contributed by atoms with Gasteiger partial charge in [-0.25, -0.2) is 4.98 Å². The van der Waals surface area contributed by atoms with Crippen LogP contribution >= 0.6 is 11.8 Å². The topological polar surface area (TPSA) is 77.1 Å². The average Bonchev–Trinajstić information content (AvgIpc) is 2.26. The number of hydrogen-bond donors (Lipinski definition) is 2. The summed E-state index contributed by atoms with van der Waals surface area (Å²) >= 11 is 1.34.